The second-order valence-electron chi connectivity index (χ2n) is 9.70. The minimum Gasteiger partial charge on any atom is -0.374 e. The molecule has 202 valence electrons. The van der Waals surface area contributed by atoms with E-state index < -0.39 is 23.9 Å². The van der Waals surface area contributed by atoms with Crippen LogP contribution in [0.25, 0.3) is 0 Å². The summed E-state index contributed by atoms with van der Waals surface area (Å²) < 4.78 is 5.70. The van der Waals surface area contributed by atoms with Gasteiger partial charge in [0.15, 0.2) is 0 Å². The molecule has 0 aromatic heterocycles. The molecule has 2 amide bonds. The van der Waals surface area contributed by atoms with E-state index >= 15 is 0 Å². The van der Waals surface area contributed by atoms with E-state index in [0.29, 0.717) is 6.61 Å². The fourth-order valence-electron chi connectivity index (χ4n) is 4.58. The Balaban J connectivity index is 1.52. The van der Waals surface area contributed by atoms with E-state index in [-0.39, 0.29) is 18.9 Å². The number of aryl methyl sites for hydroxylation is 1. The first kappa shape index (κ1) is 28.3. The highest BCUT2D eigenvalue weighted by molar-refractivity contribution is 5.92. The van der Waals surface area contributed by atoms with Gasteiger partial charge in [-0.05, 0) is 29.2 Å². The molecular weight excluding hydrogens is 498 g/mol. The Bertz CT molecular complexity index is 1380. The van der Waals surface area contributed by atoms with Crippen molar-refractivity contribution in [2.75, 3.05) is 6.61 Å². The minimum absolute atomic E-state index is 0.0267. The molecule has 40 heavy (non-hydrogen) atoms. The normalized spacial score (nSPS) is 12.2. The quantitative estimate of drug-likeness (QED) is 0.267. The van der Waals surface area contributed by atoms with E-state index in [0.717, 1.165) is 27.8 Å². The summed E-state index contributed by atoms with van der Waals surface area (Å²) in [4.78, 5) is 27.4. The van der Waals surface area contributed by atoms with Crippen molar-refractivity contribution in [1.29, 1.82) is 5.26 Å². The Morgan fingerprint density at radius 1 is 0.750 bits per heavy atom. The zero-order valence-electron chi connectivity index (χ0n) is 22.5. The molecule has 0 aliphatic heterocycles. The van der Waals surface area contributed by atoms with Crippen molar-refractivity contribution in [1.82, 2.24) is 10.6 Å². The van der Waals surface area contributed by atoms with Crippen LogP contribution in [-0.2, 0) is 27.4 Å². The van der Waals surface area contributed by atoms with Gasteiger partial charge in [0.1, 0.15) is 12.1 Å². The SMILES string of the molecule is Cc1cccc(C[C@@H](NC(=O)C(c2ccccc2)c2ccccc2)C(=O)N[C@@H](C#N)COCc2ccccc2)c1. The molecule has 0 heterocycles. The summed E-state index contributed by atoms with van der Waals surface area (Å²) in [5.74, 6) is -1.33. The smallest absolute Gasteiger partial charge is 0.244 e. The lowest BCUT2D eigenvalue weighted by Crippen LogP contribution is -2.52. The van der Waals surface area contributed by atoms with Crippen LogP contribution in [0.1, 0.15) is 33.7 Å². The third kappa shape index (κ3) is 8.13. The summed E-state index contributed by atoms with van der Waals surface area (Å²) in [7, 11) is 0. The highest BCUT2D eigenvalue weighted by Crippen LogP contribution is 2.25. The van der Waals surface area contributed by atoms with E-state index in [9.17, 15) is 14.9 Å². The highest BCUT2D eigenvalue weighted by Gasteiger charge is 2.29. The fraction of sp³-hybridized carbons (Fsp3) is 0.206. The van der Waals surface area contributed by atoms with Crippen molar-refractivity contribution in [2.45, 2.75) is 38.0 Å². The van der Waals surface area contributed by atoms with Crippen molar-refractivity contribution >= 4 is 11.8 Å². The van der Waals surface area contributed by atoms with Crippen LogP contribution in [0.15, 0.2) is 115 Å². The van der Waals surface area contributed by atoms with Crippen LogP contribution in [0.5, 0.6) is 0 Å². The Kier molecular flexibility index (Phi) is 10.2. The summed E-state index contributed by atoms with van der Waals surface area (Å²) in [6.45, 7) is 2.33. The van der Waals surface area contributed by atoms with Gasteiger partial charge in [0.25, 0.3) is 0 Å². The zero-order chi connectivity index (χ0) is 28.2. The first-order valence-electron chi connectivity index (χ1n) is 13.3. The molecule has 4 rings (SSSR count). The molecule has 0 aliphatic carbocycles. The number of ether oxygens (including phenoxy) is 1. The summed E-state index contributed by atoms with van der Waals surface area (Å²) in [6, 6.07) is 36.8. The maximum absolute atomic E-state index is 13.8. The topological polar surface area (TPSA) is 91.2 Å². The third-order valence-electron chi connectivity index (χ3n) is 6.55. The molecule has 0 unspecified atom stereocenters. The second kappa shape index (κ2) is 14.4. The van der Waals surface area contributed by atoms with Crippen molar-refractivity contribution in [3.05, 3.63) is 143 Å². The number of hydrogen-bond donors (Lipinski definition) is 2. The predicted octanol–water partition coefficient (Wildman–Crippen LogP) is 5.08. The largest absolute Gasteiger partial charge is 0.374 e. The summed E-state index contributed by atoms with van der Waals surface area (Å²) in [6.07, 6.45) is 0.276. The number of nitriles is 1. The molecule has 6 heteroatoms. The predicted molar refractivity (Wildman–Crippen MR) is 155 cm³/mol. The number of carbonyl (C=O) groups is 2. The van der Waals surface area contributed by atoms with Gasteiger partial charge in [-0.15, -0.1) is 0 Å². The average Bonchev–Trinajstić information content (AvgIpc) is 2.98. The average molecular weight is 532 g/mol. The van der Waals surface area contributed by atoms with Gasteiger partial charge < -0.3 is 15.4 Å². The Morgan fingerprint density at radius 2 is 1.32 bits per heavy atom. The number of nitrogens with one attached hydrogen (secondary N) is 2. The van der Waals surface area contributed by atoms with Gasteiger partial charge in [-0.25, -0.2) is 0 Å². The van der Waals surface area contributed by atoms with Gasteiger partial charge in [-0.2, -0.15) is 5.26 Å². The fourth-order valence-corrected chi connectivity index (χ4v) is 4.58. The van der Waals surface area contributed by atoms with Crippen molar-refractivity contribution < 1.29 is 14.3 Å². The van der Waals surface area contributed by atoms with Gasteiger partial charge in [-0.3, -0.25) is 9.59 Å². The molecule has 2 atom stereocenters. The molecule has 6 nitrogen and oxygen atoms in total. The van der Waals surface area contributed by atoms with Crippen LogP contribution < -0.4 is 10.6 Å². The molecule has 0 aliphatic rings. The number of nitrogens with zero attached hydrogens (tertiary/aromatic N) is 1. The molecule has 0 bridgehead atoms. The van der Waals surface area contributed by atoms with E-state index in [1.165, 1.54) is 0 Å². The summed E-state index contributed by atoms with van der Waals surface area (Å²) in [5.41, 5.74) is 4.59. The van der Waals surface area contributed by atoms with E-state index in [1.807, 2.05) is 122 Å². The lowest BCUT2D eigenvalue weighted by Gasteiger charge is -2.24. The highest BCUT2D eigenvalue weighted by atomic mass is 16.5. The molecule has 0 fully saturated rings. The van der Waals surface area contributed by atoms with Crippen LogP contribution in [0.4, 0.5) is 0 Å². The second-order valence-corrected chi connectivity index (χ2v) is 9.70. The third-order valence-corrected chi connectivity index (χ3v) is 6.55. The van der Waals surface area contributed by atoms with Crippen LogP contribution in [0, 0.1) is 18.3 Å². The standard InChI is InChI=1S/C34H33N3O3/c1-25-12-11-15-27(20-25)21-31(33(38)36-30(22-35)24-40-23-26-13-5-2-6-14-26)37-34(39)32(28-16-7-3-8-17-28)29-18-9-4-10-19-29/h2-20,30-32H,21,23-24H2,1H3,(H,36,38)(H,37,39)/t30-,31+/m0/s1. The van der Waals surface area contributed by atoms with Crippen LogP contribution in [0.3, 0.4) is 0 Å². The zero-order valence-corrected chi connectivity index (χ0v) is 22.5. The van der Waals surface area contributed by atoms with E-state index in [1.54, 1.807) is 0 Å². The van der Waals surface area contributed by atoms with Gasteiger partial charge in [0.2, 0.25) is 11.8 Å². The molecule has 0 spiro atoms. The molecule has 2 N–H and O–H groups in total. The van der Waals surface area contributed by atoms with Crippen molar-refractivity contribution in [2.24, 2.45) is 0 Å². The van der Waals surface area contributed by atoms with Gasteiger partial charge in [0, 0.05) is 6.42 Å². The lowest BCUT2D eigenvalue weighted by atomic mass is 9.90. The van der Waals surface area contributed by atoms with Gasteiger partial charge >= 0.3 is 0 Å². The van der Waals surface area contributed by atoms with E-state index in [4.69, 9.17) is 4.74 Å². The number of rotatable bonds is 12. The summed E-state index contributed by atoms with van der Waals surface area (Å²) >= 11 is 0. The van der Waals surface area contributed by atoms with Crippen molar-refractivity contribution in [3.8, 4) is 6.07 Å². The Labute approximate surface area is 235 Å². The number of carbonyl (C=O) groups excluding carboxylic acids is 2. The van der Waals surface area contributed by atoms with Crippen LogP contribution in [0.2, 0.25) is 0 Å². The molecule has 4 aromatic rings. The summed E-state index contributed by atoms with van der Waals surface area (Å²) in [5, 5.41) is 15.5. The molecule has 0 saturated carbocycles. The monoisotopic (exact) mass is 531 g/mol. The van der Waals surface area contributed by atoms with Crippen molar-refractivity contribution in [3.63, 3.8) is 0 Å². The van der Waals surface area contributed by atoms with E-state index in [2.05, 4.69) is 16.7 Å². The first-order valence-corrected chi connectivity index (χ1v) is 13.3. The molecule has 4 aromatic carbocycles. The molecule has 0 radical (unpaired) electrons. The number of hydrogen-bond acceptors (Lipinski definition) is 4. The molecular formula is C34H33N3O3. The van der Waals surface area contributed by atoms with Gasteiger partial charge in [0.05, 0.1) is 25.2 Å². The van der Waals surface area contributed by atoms with Gasteiger partial charge in [-0.1, -0.05) is 121 Å². The number of amides is 2. The maximum Gasteiger partial charge on any atom is 0.244 e. The Hall–Kier alpha value is -4.73. The lowest BCUT2D eigenvalue weighted by molar-refractivity contribution is -0.129. The molecule has 0 saturated heterocycles. The van der Waals surface area contributed by atoms with Crippen LogP contribution in [-0.4, -0.2) is 30.5 Å². The Morgan fingerprint density at radius 3 is 1.90 bits per heavy atom. The first-order chi connectivity index (χ1) is 19.5. The minimum atomic E-state index is -0.894. The van der Waals surface area contributed by atoms with Crippen LogP contribution >= 0.6 is 0 Å². The number of benzene rings is 4. The maximum atomic E-state index is 13.8.